The van der Waals surface area contributed by atoms with Crippen molar-refractivity contribution in [3.8, 4) is 0 Å². The molecule has 2 amide bonds. The molecule has 3 aliphatic rings. The van der Waals surface area contributed by atoms with Gasteiger partial charge in [0.1, 0.15) is 6.04 Å². The van der Waals surface area contributed by atoms with Gasteiger partial charge in [0.25, 0.3) is 11.6 Å². The number of carbonyl (C=O) groups excluding carboxylic acids is 2. The molecule has 0 spiro atoms. The average Bonchev–Trinajstić information content (AvgIpc) is 3.45. The monoisotopic (exact) mass is 430 g/mol. The molecule has 0 saturated carbocycles. The molecule has 9 nitrogen and oxygen atoms in total. The molecule has 1 aromatic rings. The third-order valence-electron chi connectivity index (χ3n) is 6.61. The lowest BCUT2D eigenvalue weighted by atomic mass is 10.1. The lowest BCUT2D eigenvalue weighted by molar-refractivity contribution is -0.385. The molecule has 2 unspecified atom stereocenters. The number of amides is 2. The summed E-state index contributed by atoms with van der Waals surface area (Å²) >= 11 is 0. The van der Waals surface area contributed by atoms with E-state index in [-0.39, 0.29) is 17.5 Å². The molecular weight excluding hydrogens is 400 g/mol. The lowest BCUT2D eigenvalue weighted by Gasteiger charge is -2.38. The molecule has 3 fully saturated rings. The second-order valence-corrected chi connectivity index (χ2v) is 8.68. The van der Waals surface area contributed by atoms with E-state index in [1.807, 2.05) is 4.90 Å². The summed E-state index contributed by atoms with van der Waals surface area (Å²) in [4.78, 5) is 42.8. The maximum absolute atomic E-state index is 13.2. The molecule has 168 valence electrons. The van der Waals surface area contributed by atoms with E-state index in [1.165, 1.54) is 12.1 Å². The first-order valence-corrected chi connectivity index (χ1v) is 11.1. The minimum atomic E-state index is -0.454. The number of nitro groups is 1. The Balaban J connectivity index is 1.36. The van der Waals surface area contributed by atoms with E-state index < -0.39 is 11.0 Å². The Kier molecular flexibility index (Phi) is 6.52. The molecule has 1 aromatic carbocycles. The molecule has 0 bridgehead atoms. The Morgan fingerprint density at radius 1 is 1.13 bits per heavy atom. The minimum absolute atomic E-state index is 0.00790. The van der Waals surface area contributed by atoms with Crippen molar-refractivity contribution in [3.63, 3.8) is 0 Å². The SMILES string of the molecule is Cc1cc(C(=O)N2CCCC2C(=O)N2CCN(CC3CCCO3)CC2)ccc1[N+](=O)[O-]. The number of piperazine rings is 1. The van der Waals surface area contributed by atoms with Crippen LogP contribution < -0.4 is 0 Å². The fraction of sp³-hybridized carbons (Fsp3) is 0.636. The van der Waals surface area contributed by atoms with E-state index in [1.54, 1.807) is 17.9 Å². The normalized spacial score (nSPS) is 24.5. The summed E-state index contributed by atoms with van der Waals surface area (Å²) in [7, 11) is 0. The molecule has 3 heterocycles. The predicted molar refractivity (Wildman–Crippen MR) is 114 cm³/mol. The van der Waals surface area contributed by atoms with Crippen LogP contribution in [0.5, 0.6) is 0 Å². The van der Waals surface area contributed by atoms with Gasteiger partial charge >= 0.3 is 0 Å². The Morgan fingerprint density at radius 2 is 1.90 bits per heavy atom. The summed E-state index contributed by atoms with van der Waals surface area (Å²) in [5.41, 5.74) is 0.830. The first-order valence-electron chi connectivity index (χ1n) is 11.1. The second-order valence-electron chi connectivity index (χ2n) is 8.68. The number of carbonyl (C=O) groups is 2. The molecular formula is C22H30N4O5. The van der Waals surface area contributed by atoms with Crippen molar-refractivity contribution >= 4 is 17.5 Å². The van der Waals surface area contributed by atoms with Gasteiger partial charge in [-0.25, -0.2) is 0 Å². The number of hydrogen-bond donors (Lipinski definition) is 0. The molecule has 0 radical (unpaired) electrons. The number of hydrogen-bond acceptors (Lipinski definition) is 6. The van der Waals surface area contributed by atoms with Crippen LogP contribution in [0.2, 0.25) is 0 Å². The average molecular weight is 431 g/mol. The molecule has 3 saturated heterocycles. The molecule has 0 aromatic heterocycles. The van der Waals surface area contributed by atoms with Crippen molar-refractivity contribution in [3.05, 3.63) is 39.4 Å². The van der Waals surface area contributed by atoms with Crippen LogP contribution in [0.4, 0.5) is 5.69 Å². The van der Waals surface area contributed by atoms with Gasteiger partial charge in [0, 0.05) is 63.1 Å². The smallest absolute Gasteiger partial charge is 0.272 e. The largest absolute Gasteiger partial charge is 0.377 e. The van der Waals surface area contributed by atoms with Crippen LogP contribution in [-0.2, 0) is 9.53 Å². The van der Waals surface area contributed by atoms with Crippen LogP contribution in [0.1, 0.15) is 41.6 Å². The van der Waals surface area contributed by atoms with Crippen LogP contribution in [0.3, 0.4) is 0 Å². The molecule has 4 rings (SSSR count). The van der Waals surface area contributed by atoms with Gasteiger partial charge in [-0.05, 0) is 44.7 Å². The summed E-state index contributed by atoms with van der Waals surface area (Å²) in [6.07, 6.45) is 4.00. The number of ether oxygens (including phenoxy) is 1. The fourth-order valence-corrected chi connectivity index (χ4v) is 4.86. The van der Waals surface area contributed by atoms with Gasteiger partial charge in [-0.2, -0.15) is 0 Å². The topological polar surface area (TPSA) is 96.2 Å². The molecule has 3 aliphatic heterocycles. The number of nitro benzene ring substituents is 1. The summed E-state index contributed by atoms with van der Waals surface area (Å²) in [5.74, 6) is -0.216. The molecule has 31 heavy (non-hydrogen) atoms. The van der Waals surface area contributed by atoms with E-state index in [0.29, 0.717) is 43.3 Å². The van der Waals surface area contributed by atoms with Crippen LogP contribution in [0.25, 0.3) is 0 Å². The second kappa shape index (κ2) is 9.32. The van der Waals surface area contributed by atoms with Gasteiger partial charge in [-0.3, -0.25) is 24.6 Å². The van der Waals surface area contributed by atoms with E-state index in [4.69, 9.17) is 4.74 Å². The van der Waals surface area contributed by atoms with Crippen molar-refractivity contribution in [2.45, 2.75) is 44.8 Å². The van der Waals surface area contributed by atoms with Crippen molar-refractivity contribution < 1.29 is 19.2 Å². The van der Waals surface area contributed by atoms with Gasteiger partial charge < -0.3 is 14.5 Å². The molecule has 0 aliphatic carbocycles. The Morgan fingerprint density at radius 3 is 2.55 bits per heavy atom. The van der Waals surface area contributed by atoms with Gasteiger partial charge in [0.15, 0.2) is 0 Å². The lowest BCUT2D eigenvalue weighted by Crippen LogP contribution is -2.55. The highest BCUT2D eigenvalue weighted by Crippen LogP contribution is 2.25. The quantitative estimate of drug-likeness (QED) is 0.522. The fourth-order valence-electron chi connectivity index (χ4n) is 4.86. The van der Waals surface area contributed by atoms with E-state index in [9.17, 15) is 19.7 Å². The number of benzene rings is 1. The highest BCUT2D eigenvalue weighted by molar-refractivity contribution is 5.98. The van der Waals surface area contributed by atoms with Gasteiger partial charge in [0.2, 0.25) is 5.91 Å². The Labute approximate surface area is 182 Å². The molecule has 0 N–H and O–H groups in total. The third kappa shape index (κ3) is 4.72. The predicted octanol–water partition coefficient (Wildman–Crippen LogP) is 1.83. The van der Waals surface area contributed by atoms with Crippen molar-refractivity contribution in [2.24, 2.45) is 0 Å². The first kappa shape index (κ1) is 21.7. The maximum atomic E-state index is 13.2. The van der Waals surface area contributed by atoms with Crippen LogP contribution in [0, 0.1) is 17.0 Å². The summed E-state index contributed by atoms with van der Waals surface area (Å²) in [6, 6.07) is 3.94. The van der Waals surface area contributed by atoms with Crippen LogP contribution in [0.15, 0.2) is 18.2 Å². The molecule has 9 heteroatoms. The summed E-state index contributed by atoms with van der Waals surface area (Å²) < 4.78 is 5.72. The number of rotatable bonds is 5. The maximum Gasteiger partial charge on any atom is 0.272 e. The van der Waals surface area contributed by atoms with E-state index in [2.05, 4.69) is 4.90 Å². The number of likely N-dealkylation sites (tertiary alicyclic amines) is 1. The van der Waals surface area contributed by atoms with Crippen LogP contribution >= 0.6 is 0 Å². The first-order chi connectivity index (χ1) is 14.9. The van der Waals surface area contributed by atoms with E-state index >= 15 is 0 Å². The third-order valence-corrected chi connectivity index (χ3v) is 6.61. The highest BCUT2D eigenvalue weighted by Gasteiger charge is 2.38. The Bertz CT molecular complexity index is 846. The standard InChI is InChI=1S/C22H30N4O5/c1-16-14-17(6-7-19(16)26(29)30)21(27)25-8-2-5-20(25)22(28)24-11-9-23(10-12-24)15-18-4-3-13-31-18/h6-7,14,18,20H,2-5,8-13,15H2,1H3. The van der Waals surface area contributed by atoms with Crippen molar-refractivity contribution in [2.75, 3.05) is 45.9 Å². The summed E-state index contributed by atoms with van der Waals surface area (Å²) in [6.45, 7) is 6.92. The van der Waals surface area contributed by atoms with Gasteiger partial charge in [-0.15, -0.1) is 0 Å². The zero-order chi connectivity index (χ0) is 22.0. The van der Waals surface area contributed by atoms with Crippen molar-refractivity contribution in [1.29, 1.82) is 0 Å². The van der Waals surface area contributed by atoms with Crippen LogP contribution in [-0.4, -0.2) is 89.5 Å². The zero-order valence-electron chi connectivity index (χ0n) is 18.0. The molecule has 2 atom stereocenters. The number of aryl methyl sites for hydroxylation is 1. The van der Waals surface area contributed by atoms with Crippen molar-refractivity contribution in [1.82, 2.24) is 14.7 Å². The highest BCUT2D eigenvalue weighted by atomic mass is 16.6. The van der Waals surface area contributed by atoms with Gasteiger partial charge in [0.05, 0.1) is 11.0 Å². The van der Waals surface area contributed by atoms with Gasteiger partial charge in [-0.1, -0.05) is 0 Å². The number of nitrogens with zero attached hydrogens (tertiary/aromatic N) is 4. The Hall–Kier alpha value is -2.52. The zero-order valence-corrected chi connectivity index (χ0v) is 18.0. The minimum Gasteiger partial charge on any atom is -0.377 e. The van der Waals surface area contributed by atoms with E-state index in [0.717, 1.165) is 45.5 Å². The summed E-state index contributed by atoms with van der Waals surface area (Å²) in [5, 5.41) is 11.0.